The molecular formula is C13H18F2N2O. The summed E-state index contributed by atoms with van der Waals surface area (Å²) in [5.74, 6) is -0.967. The van der Waals surface area contributed by atoms with Crippen molar-refractivity contribution < 1.29 is 13.6 Å². The summed E-state index contributed by atoms with van der Waals surface area (Å²) in [5.41, 5.74) is 0.290. The van der Waals surface area contributed by atoms with Gasteiger partial charge in [-0.05, 0) is 36.7 Å². The van der Waals surface area contributed by atoms with Crippen molar-refractivity contribution in [1.82, 2.24) is 10.2 Å². The van der Waals surface area contributed by atoms with Crippen molar-refractivity contribution in [3.8, 4) is 0 Å². The van der Waals surface area contributed by atoms with E-state index >= 15 is 0 Å². The van der Waals surface area contributed by atoms with Gasteiger partial charge in [0, 0.05) is 13.6 Å². The molecular weight excluding hydrogens is 238 g/mol. The Morgan fingerprint density at radius 1 is 1.39 bits per heavy atom. The first kappa shape index (κ1) is 14.6. The summed E-state index contributed by atoms with van der Waals surface area (Å²) in [6.07, 6.45) is 0.304. The van der Waals surface area contributed by atoms with E-state index in [0.29, 0.717) is 13.0 Å². The van der Waals surface area contributed by atoms with Gasteiger partial charge in [-0.2, -0.15) is 0 Å². The first-order chi connectivity index (χ1) is 8.54. The Labute approximate surface area is 106 Å². The van der Waals surface area contributed by atoms with Gasteiger partial charge in [-0.15, -0.1) is 0 Å². The smallest absolute Gasteiger partial charge is 0.236 e. The number of amides is 1. The molecule has 0 spiro atoms. The highest BCUT2D eigenvalue weighted by Crippen LogP contribution is 2.10. The Hall–Kier alpha value is -1.49. The van der Waals surface area contributed by atoms with Crippen LogP contribution in [0, 0.1) is 11.6 Å². The van der Waals surface area contributed by atoms with E-state index < -0.39 is 11.6 Å². The van der Waals surface area contributed by atoms with Crippen molar-refractivity contribution in [3.63, 3.8) is 0 Å². The zero-order valence-corrected chi connectivity index (χ0v) is 10.7. The molecule has 0 unspecified atom stereocenters. The van der Waals surface area contributed by atoms with Crippen molar-refractivity contribution >= 4 is 5.91 Å². The fraction of sp³-hybridized carbons (Fsp3) is 0.462. The molecule has 1 rings (SSSR count). The molecule has 0 aromatic heterocycles. The Morgan fingerprint density at radius 2 is 2.11 bits per heavy atom. The van der Waals surface area contributed by atoms with Crippen molar-refractivity contribution in [2.75, 3.05) is 26.7 Å². The molecule has 0 saturated heterocycles. The summed E-state index contributed by atoms with van der Waals surface area (Å²) < 4.78 is 26.3. The third kappa shape index (κ3) is 4.41. The van der Waals surface area contributed by atoms with Crippen LogP contribution < -0.4 is 5.32 Å². The second-order valence-corrected chi connectivity index (χ2v) is 4.08. The molecule has 1 amide bonds. The molecule has 1 N–H and O–H groups in total. The summed E-state index contributed by atoms with van der Waals surface area (Å²) in [6.45, 7) is 3.26. The number of rotatable bonds is 6. The van der Waals surface area contributed by atoms with Gasteiger partial charge >= 0.3 is 0 Å². The van der Waals surface area contributed by atoms with Gasteiger partial charge in [0.2, 0.25) is 5.91 Å². The highest BCUT2D eigenvalue weighted by atomic mass is 19.1. The van der Waals surface area contributed by atoms with Crippen LogP contribution in [-0.4, -0.2) is 37.5 Å². The van der Waals surface area contributed by atoms with Crippen molar-refractivity contribution in [2.45, 2.75) is 13.3 Å². The topological polar surface area (TPSA) is 32.3 Å². The molecule has 0 fully saturated rings. The van der Waals surface area contributed by atoms with Crippen LogP contribution in [0.1, 0.15) is 12.5 Å². The molecule has 100 valence electrons. The number of nitrogens with zero attached hydrogens (tertiary/aromatic N) is 1. The SMILES string of the molecule is CCNCC(=O)N(C)CCc1cc(F)ccc1F. The van der Waals surface area contributed by atoms with Crippen LogP contribution in [0.4, 0.5) is 8.78 Å². The van der Waals surface area contributed by atoms with Gasteiger partial charge < -0.3 is 10.2 Å². The lowest BCUT2D eigenvalue weighted by Gasteiger charge is -2.17. The zero-order valence-electron chi connectivity index (χ0n) is 10.7. The van der Waals surface area contributed by atoms with Crippen LogP contribution >= 0.6 is 0 Å². The molecule has 0 aliphatic heterocycles. The third-order valence-corrected chi connectivity index (χ3v) is 2.68. The summed E-state index contributed by atoms with van der Waals surface area (Å²) in [7, 11) is 1.65. The molecule has 18 heavy (non-hydrogen) atoms. The Bertz CT molecular complexity index is 410. The molecule has 0 saturated carbocycles. The lowest BCUT2D eigenvalue weighted by Crippen LogP contribution is -2.36. The standard InChI is InChI=1S/C13H18F2N2O/c1-3-16-9-13(18)17(2)7-6-10-8-11(14)4-5-12(10)15/h4-5,8,16H,3,6-7,9H2,1-2H3. The predicted octanol–water partition coefficient (Wildman–Crippen LogP) is 1.58. The zero-order chi connectivity index (χ0) is 13.5. The van der Waals surface area contributed by atoms with E-state index in [9.17, 15) is 13.6 Å². The van der Waals surface area contributed by atoms with Crippen LogP contribution in [0.5, 0.6) is 0 Å². The lowest BCUT2D eigenvalue weighted by molar-refractivity contribution is -0.128. The maximum Gasteiger partial charge on any atom is 0.236 e. The highest BCUT2D eigenvalue weighted by Gasteiger charge is 2.10. The molecule has 0 atom stereocenters. The molecule has 3 nitrogen and oxygen atoms in total. The van der Waals surface area contributed by atoms with Crippen LogP contribution in [0.15, 0.2) is 18.2 Å². The summed E-state index contributed by atoms with van der Waals surface area (Å²) in [4.78, 5) is 13.1. The van der Waals surface area contributed by atoms with Gasteiger partial charge in [-0.25, -0.2) is 8.78 Å². The van der Waals surface area contributed by atoms with Gasteiger partial charge in [-0.3, -0.25) is 4.79 Å². The minimum absolute atomic E-state index is 0.0614. The lowest BCUT2D eigenvalue weighted by atomic mass is 10.1. The summed E-state index contributed by atoms with van der Waals surface area (Å²) in [6, 6.07) is 3.35. The largest absolute Gasteiger partial charge is 0.344 e. The van der Waals surface area contributed by atoms with E-state index in [1.165, 1.54) is 4.90 Å². The first-order valence-electron chi connectivity index (χ1n) is 5.93. The average molecular weight is 256 g/mol. The van der Waals surface area contributed by atoms with E-state index in [1.807, 2.05) is 6.92 Å². The highest BCUT2D eigenvalue weighted by molar-refractivity contribution is 5.77. The fourth-order valence-electron chi connectivity index (χ4n) is 1.51. The van der Waals surface area contributed by atoms with Gasteiger partial charge in [0.25, 0.3) is 0 Å². The predicted molar refractivity (Wildman–Crippen MR) is 66.2 cm³/mol. The normalized spacial score (nSPS) is 10.4. The third-order valence-electron chi connectivity index (χ3n) is 2.68. The molecule has 5 heteroatoms. The Kier molecular flexibility index (Phi) is 5.71. The molecule has 0 radical (unpaired) electrons. The number of hydrogen-bond acceptors (Lipinski definition) is 2. The van der Waals surface area contributed by atoms with Crippen molar-refractivity contribution in [2.24, 2.45) is 0 Å². The van der Waals surface area contributed by atoms with Crippen molar-refractivity contribution in [1.29, 1.82) is 0 Å². The minimum Gasteiger partial charge on any atom is -0.344 e. The molecule has 0 aliphatic rings. The maximum atomic E-state index is 13.3. The van der Waals surface area contributed by atoms with E-state index in [0.717, 1.165) is 24.7 Å². The quantitative estimate of drug-likeness (QED) is 0.838. The van der Waals surface area contributed by atoms with Gasteiger partial charge in [0.1, 0.15) is 11.6 Å². The van der Waals surface area contributed by atoms with Crippen LogP contribution in [0.2, 0.25) is 0 Å². The molecule has 0 aliphatic carbocycles. The molecule has 0 bridgehead atoms. The van der Waals surface area contributed by atoms with E-state index in [2.05, 4.69) is 5.32 Å². The second-order valence-electron chi connectivity index (χ2n) is 4.08. The van der Waals surface area contributed by atoms with Gasteiger partial charge in [-0.1, -0.05) is 6.92 Å². The van der Waals surface area contributed by atoms with Crippen LogP contribution in [0.25, 0.3) is 0 Å². The fourth-order valence-corrected chi connectivity index (χ4v) is 1.51. The van der Waals surface area contributed by atoms with Gasteiger partial charge in [0.05, 0.1) is 6.54 Å². The Morgan fingerprint density at radius 3 is 2.78 bits per heavy atom. The molecule has 1 aromatic carbocycles. The summed E-state index contributed by atoms with van der Waals surface area (Å²) in [5, 5.41) is 2.92. The van der Waals surface area contributed by atoms with Crippen molar-refractivity contribution in [3.05, 3.63) is 35.4 Å². The first-order valence-corrected chi connectivity index (χ1v) is 5.93. The van der Waals surface area contributed by atoms with E-state index in [1.54, 1.807) is 7.05 Å². The van der Waals surface area contributed by atoms with E-state index in [-0.39, 0.29) is 18.0 Å². The maximum absolute atomic E-state index is 13.3. The van der Waals surface area contributed by atoms with Crippen LogP contribution in [0.3, 0.4) is 0 Å². The number of carbonyl (C=O) groups excluding carboxylic acids is 1. The van der Waals surface area contributed by atoms with E-state index in [4.69, 9.17) is 0 Å². The Balaban J connectivity index is 2.49. The number of carbonyl (C=O) groups is 1. The minimum atomic E-state index is -0.465. The number of halogens is 2. The average Bonchev–Trinajstić information content (AvgIpc) is 2.36. The number of hydrogen-bond donors (Lipinski definition) is 1. The molecule has 0 heterocycles. The number of likely N-dealkylation sites (N-methyl/N-ethyl adjacent to an activating group) is 2. The molecule has 1 aromatic rings. The number of benzene rings is 1. The van der Waals surface area contributed by atoms with Crippen LogP contribution in [-0.2, 0) is 11.2 Å². The second kappa shape index (κ2) is 7.06. The summed E-state index contributed by atoms with van der Waals surface area (Å²) >= 11 is 0. The monoisotopic (exact) mass is 256 g/mol. The van der Waals surface area contributed by atoms with Gasteiger partial charge in [0.15, 0.2) is 0 Å². The number of nitrogens with one attached hydrogen (secondary N) is 1.